The topological polar surface area (TPSA) is 75.2 Å². The Labute approximate surface area is 216 Å². The van der Waals surface area contributed by atoms with Crippen LogP contribution in [0.25, 0.3) is 22.6 Å². The number of halogens is 4. The Hall–Kier alpha value is -4.22. The second-order valence-corrected chi connectivity index (χ2v) is 7.99. The number of carboxylic acids is 1. The van der Waals surface area contributed by atoms with Crippen molar-refractivity contribution in [1.29, 1.82) is 5.26 Å². The molecule has 37 heavy (non-hydrogen) atoms. The summed E-state index contributed by atoms with van der Waals surface area (Å²) in [5.41, 5.74) is 2.51. The van der Waals surface area contributed by atoms with E-state index >= 15 is 0 Å². The molecule has 0 saturated carbocycles. The maximum absolute atomic E-state index is 14.6. The smallest absolute Gasteiger partial charge is 0.387 e. The summed E-state index contributed by atoms with van der Waals surface area (Å²) in [6.07, 6.45) is 3.38. The normalized spacial score (nSPS) is 11.1. The standard InChI is InChI=1S/C26H16ClF3N2O3.C2H6/c27-20-6-8-22-19(9-18(12-31)15-1-3-16(4-2-15)25(33)34)14-32(24(22)10-20)13-17-5-7-21(11-23(17)28)35-26(29)30;1-2/h1-11,14,26H,13H2,(H,33,34);1-2H3/b18-9+;. The molecule has 4 aromatic rings. The summed E-state index contributed by atoms with van der Waals surface area (Å²) in [4.78, 5) is 11.1. The number of nitriles is 1. The summed E-state index contributed by atoms with van der Waals surface area (Å²) < 4.78 is 45.4. The maximum Gasteiger partial charge on any atom is 0.387 e. The summed E-state index contributed by atoms with van der Waals surface area (Å²) in [5, 5.41) is 20.0. The van der Waals surface area contributed by atoms with Gasteiger partial charge in [-0.2, -0.15) is 14.0 Å². The van der Waals surface area contributed by atoms with Gasteiger partial charge in [-0.1, -0.05) is 49.7 Å². The lowest BCUT2D eigenvalue weighted by Gasteiger charge is -2.09. The molecule has 1 heterocycles. The molecule has 0 aliphatic carbocycles. The highest BCUT2D eigenvalue weighted by Gasteiger charge is 2.14. The third kappa shape index (κ3) is 6.51. The molecular formula is C28H22ClF3N2O3. The van der Waals surface area contributed by atoms with Gasteiger partial charge >= 0.3 is 12.6 Å². The third-order valence-corrected chi connectivity index (χ3v) is 5.56. The van der Waals surface area contributed by atoms with Crippen LogP contribution in [0, 0.1) is 17.1 Å². The van der Waals surface area contributed by atoms with Crippen molar-refractivity contribution < 1.29 is 27.8 Å². The molecule has 4 rings (SSSR count). The van der Waals surface area contributed by atoms with Crippen molar-refractivity contribution in [2.75, 3.05) is 0 Å². The van der Waals surface area contributed by atoms with Crippen molar-refractivity contribution in [1.82, 2.24) is 4.57 Å². The Kier molecular flexibility index (Phi) is 8.99. The van der Waals surface area contributed by atoms with Gasteiger partial charge in [0.2, 0.25) is 0 Å². The van der Waals surface area contributed by atoms with E-state index in [0.717, 1.165) is 11.5 Å². The number of carbonyl (C=O) groups is 1. The van der Waals surface area contributed by atoms with E-state index in [1.54, 1.807) is 47.2 Å². The molecule has 0 saturated heterocycles. The Balaban J connectivity index is 0.00000186. The monoisotopic (exact) mass is 526 g/mol. The number of ether oxygens (including phenoxy) is 1. The molecule has 0 aliphatic heterocycles. The molecular weight excluding hydrogens is 505 g/mol. The van der Waals surface area contributed by atoms with Crippen LogP contribution in [-0.2, 0) is 6.54 Å². The minimum atomic E-state index is -3.06. The van der Waals surface area contributed by atoms with Gasteiger partial charge in [0.15, 0.2) is 0 Å². The van der Waals surface area contributed by atoms with Crippen LogP contribution in [0.4, 0.5) is 13.2 Å². The van der Waals surface area contributed by atoms with E-state index < -0.39 is 18.4 Å². The molecule has 0 unspecified atom stereocenters. The van der Waals surface area contributed by atoms with Crippen LogP contribution in [0.5, 0.6) is 5.75 Å². The van der Waals surface area contributed by atoms with Crippen molar-refractivity contribution >= 4 is 40.1 Å². The Morgan fingerprint density at radius 2 is 1.78 bits per heavy atom. The molecule has 1 N–H and O–H groups in total. The van der Waals surface area contributed by atoms with E-state index in [9.17, 15) is 23.2 Å². The second-order valence-electron chi connectivity index (χ2n) is 7.56. The largest absolute Gasteiger partial charge is 0.478 e. The molecule has 0 fully saturated rings. The van der Waals surface area contributed by atoms with Gasteiger partial charge in [0.05, 0.1) is 29.3 Å². The van der Waals surface area contributed by atoms with E-state index in [4.69, 9.17) is 16.7 Å². The molecule has 9 heteroatoms. The first-order valence-corrected chi connectivity index (χ1v) is 11.6. The van der Waals surface area contributed by atoms with Crippen molar-refractivity contribution in [2.45, 2.75) is 27.0 Å². The molecule has 1 aromatic heterocycles. The number of hydrogen-bond acceptors (Lipinski definition) is 3. The van der Waals surface area contributed by atoms with Gasteiger partial charge in [-0.15, -0.1) is 0 Å². The molecule has 190 valence electrons. The first-order valence-electron chi connectivity index (χ1n) is 11.2. The molecule has 0 aliphatic rings. The summed E-state index contributed by atoms with van der Waals surface area (Å²) in [6, 6.07) is 16.7. The number of carboxylic acid groups (broad SMARTS) is 1. The summed E-state index contributed by atoms with van der Waals surface area (Å²) in [5.74, 6) is -2.06. The van der Waals surface area contributed by atoms with Gasteiger partial charge in [0, 0.05) is 33.8 Å². The zero-order chi connectivity index (χ0) is 27.1. The minimum Gasteiger partial charge on any atom is -0.478 e. The molecule has 0 atom stereocenters. The number of aromatic carboxylic acids is 1. The molecule has 0 radical (unpaired) electrons. The number of hydrogen-bond donors (Lipinski definition) is 1. The molecule has 3 aromatic carbocycles. The summed E-state index contributed by atoms with van der Waals surface area (Å²) >= 11 is 6.18. The van der Waals surface area contributed by atoms with Gasteiger partial charge in [0.1, 0.15) is 11.6 Å². The highest BCUT2D eigenvalue weighted by atomic mass is 35.5. The van der Waals surface area contributed by atoms with Crippen LogP contribution in [0.1, 0.15) is 40.9 Å². The number of aromatic nitrogens is 1. The Morgan fingerprint density at radius 3 is 2.38 bits per heavy atom. The van der Waals surface area contributed by atoms with Gasteiger partial charge in [-0.25, -0.2) is 9.18 Å². The van der Waals surface area contributed by atoms with Crippen molar-refractivity contribution in [3.8, 4) is 11.8 Å². The average molecular weight is 527 g/mol. The van der Waals surface area contributed by atoms with Crippen molar-refractivity contribution in [3.05, 3.63) is 100.0 Å². The van der Waals surface area contributed by atoms with Crippen molar-refractivity contribution in [3.63, 3.8) is 0 Å². The van der Waals surface area contributed by atoms with Crippen LogP contribution >= 0.6 is 11.6 Å². The van der Waals surface area contributed by atoms with Crippen molar-refractivity contribution in [2.24, 2.45) is 0 Å². The molecule has 0 bridgehead atoms. The van der Waals surface area contributed by atoms with Crippen LogP contribution in [0.3, 0.4) is 0 Å². The van der Waals surface area contributed by atoms with Gasteiger partial charge in [-0.3, -0.25) is 0 Å². The maximum atomic E-state index is 14.6. The summed E-state index contributed by atoms with van der Waals surface area (Å²) in [7, 11) is 0. The molecule has 5 nitrogen and oxygen atoms in total. The lowest BCUT2D eigenvalue weighted by atomic mass is 10.0. The molecule has 0 spiro atoms. The fourth-order valence-corrected chi connectivity index (χ4v) is 3.85. The zero-order valence-corrected chi connectivity index (χ0v) is 20.6. The quantitative estimate of drug-likeness (QED) is 0.249. The Morgan fingerprint density at radius 1 is 1.11 bits per heavy atom. The van der Waals surface area contributed by atoms with Gasteiger partial charge < -0.3 is 14.4 Å². The second kappa shape index (κ2) is 12.2. The number of benzene rings is 3. The average Bonchev–Trinajstić information content (AvgIpc) is 3.21. The van der Waals surface area contributed by atoms with Gasteiger partial charge in [0.25, 0.3) is 0 Å². The summed E-state index contributed by atoms with van der Waals surface area (Å²) in [6.45, 7) is 1.01. The van der Waals surface area contributed by atoms with E-state index in [1.807, 2.05) is 13.8 Å². The lowest BCUT2D eigenvalue weighted by Crippen LogP contribution is -2.04. The fraction of sp³-hybridized carbons (Fsp3) is 0.143. The predicted octanol–water partition coefficient (Wildman–Crippen LogP) is 7.87. The molecule has 0 amide bonds. The van der Waals surface area contributed by atoms with E-state index in [-0.39, 0.29) is 23.4 Å². The lowest BCUT2D eigenvalue weighted by molar-refractivity contribution is -0.0500. The highest BCUT2D eigenvalue weighted by molar-refractivity contribution is 6.31. The number of nitrogens with zero attached hydrogens (tertiary/aromatic N) is 2. The van der Waals surface area contributed by atoms with Crippen LogP contribution < -0.4 is 4.74 Å². The first kappa shape index (κ1) is 27.4. The number of rotatable bonds is 7. The zero-order valence-electron chi connectivity index (χ0n) is 19.9. The van der Waals surface area contributed by atoms with Crippen LogP contribution in [-0.4, -0.2) is 22.3 Å². The first-order chi connectivity index (χ1) is 17.7. The van der Waals surface area contributed by atoms with E-state index in [1.165, 1.54) is 24.3 Å². The Bertz CT molecular complexity index is 1490. The van der Waals surface area contributed by atoms with E-state index in [2.05, 4.69) is 10.8 Å². The third-order valence-electron chi connectivity index (χ3n) is 5.33. The fourth-order valence-electron chi connectivity index (χ4n) is 3.68. The number of alkyl halides is 2. The number of fused-ring (bicyclic) bond motifs is 1. The minimum absolute atomic E-state index is 0.0701. The van der Waals surface area contributed by atoms with Gasteiger partial charge in [-0.05, 0) is 42.0 Å². The van der Waals surface area contributed by atoms with Crippen LogP contribution in [0.2, 0.25) is 5.02 Å². The number of allylic oxidation sites excluding steroid dienone is 1. The highest BCUT2D eigenvalue weighted by Crippen LogP contribution is 2.30. The van der Waals surface area contributed by atoms with E-state index in [0.29, 0.717) is 27.2 Å². The van der Waals surface area contributed by atoms with Crippen LogP contribution in [0.15, 0.2) is 66.9 Å². The predicted molar refractivity (Wildman–Crippen MR) is 137 cm³/mol. The SMILES string of the molecule is CC.N#C/C(=C\c1cn(Cc2ccc(OC(F)F)cc2F)c2cc(Cl)ccc12)c1ccc(C(=O)O)cc1.